The van der Waals surface area contributed by atoms with Crippen LogP contribution in [-0.4, -0.2) is 28.7 Å². The van der Waals surface area contributed by atoms with Crippen molar-refractivity contribution < 1.29 is 14.3 Å². The summed E-state index contributed by atoms with van der Waals surface area (Å²) in [6, 6.07) is 15.9. The van der Waals surface area contributed by atoms with Gasteiger partial charge >= 0.3 is 0 Å². The number of amides is 1. The maximum atomic E-state index is 12.9. The zero-order valence-electron chi connectivity index (χ0n) is 17.4. The van der Waals surface area contributed by atoms with Crippen LogP contribution in [0.15, 0.2) is 60.9 Å². The molecule has 1 unspecified atom stereocenters. The molecule has 2 heterocycles. The van der Waals surface area contributed by atoms with Crippen LogP contribution in [0, 0.1) is 0 Å². The molecule has 2 aromatic carbocycles. The van der Waals surface area contributed by atoms with Crippen LogP contribution in [-0.2, 0) is 17.8 Å². The summed E-state index contributed by atoms with van der Waals surface area (Å²) in [6.07, 6.45) is 4.28. The number of aromatic nitrogens is 2. The van der Waals surface area contributed by atoms with Gasteiger partial charge in [-0.25, -0.2) is 4.98 Å². The third kappa shape index (κ3) is 4.64. The fourth-order valence-electron chi connectivity index (χ4n) is 3.73. The summed E-state index contributed by atoms with van der Waals surface area (Å²) >= 11 is 0. The first-order valence-corrected chi connectivity index (χ1v) is 10.3. The molecule has 0 spiro atoms. The molecule has 30 heavy (non-hydrogen) atoms. The Morgan fingerprint density at radius 1 is 1.10 bits per heavy atom. The zero-order valence-corrected chi connectivity index (χ0v) is 17.4. The van der Waals surface area contributed by atoms with Crippen LogP contribution in [0.5, 0.6) is 11.5 Å². The lowest BCUT2D eigenvalue weighted by Crippen LogP contribution is -2.33. The first-order valence-electron chi connectivity index (χ1n) is 10.3. The first-order chi connectivity index (χ1) is 14.6. The molecule has 1 atom stereocenters. The number of ether oxygens (including phenoxy) is 2. The Morgan fingerprint density at radius 2 is 1.87 bits per heavy atom. The van der Waals surface area contributed by atoms with E-state index in [0.717, 1.165) is 28.5 Å². The number of carbonyl (C=O) groups excluding carboxylic acids is 1. The van der Waals surface area contributed by atoms with Crippen molar-refractivity contribution in [2.75, 3.05) is 13.2 Å². The van der Waals surface area contributed by atoms with E-state index in [9.17, 15) is 4.79 Å². The normalized spacial score (nSPS) is 13.8. The van der Waals surface area contributed by atoms with Gasteiger partial charge in [-0.1, -0.05) is 50.2 Å². The second-order valence-electron chi connectivity index (χ2n) is 7.78. The number of hydrogen-bond acceptors (Lipinski definition) is 4. The molecule has 1 N–H and O–H groups in total. The number of carbonyl (C=O) groups is 1. The number of imidazole rings is 1. The summed E-state index contributed by atoms with van der Waals surface area (Å²) in [7, 11) is 0. The van der Waals surface area contributed by atoms with E-state index in [4.69, 9.17) is 9.47 Å². The van der Waals surface area contributed by atoms with Crippen molar-refractivity contribution >= 4 is 5.91 Å². The highest BCUT2D eigenvalue weighted by atomic mass is 16.6. The first kappa shape index (κ1) is 20.0. The molecule has 1 aromatic heterocycles. The predicted molar refractivity (Wildman–Crippen MR) is 115 cm³/mol. The lowest BCUT2D eigenvalue weighted by Gasteiger charge is -2.23. The molecule has 0 bridgehead atoms. The molecule has 1 aliphatic rings. The summed E-state index contributed by atoms with van der Waals surface area (Å²) in [5.41, 5.74) is 2.15. The summed E-state index contributed by atoms with van der Waals surface area (Å²) in [5, 5.41) is 3.21. The molecule has 156 valence electrons. The lowest BCUT2D eigenvalue weighted by molar-refractivity contribution is -0.122. The number of fused-ring (bicyclic) bond motifs is 1. The van der Waals surface area contributed by atoms with Gasteiger partial charge in [0.2, 0.25) is 5.91 Å². The Labute approximate surface area is 176 Å². The van der Waals surface area contributed by atoms with Crippen LogP contribution >= 0.6 is 0 Å². The standard InChI is InChI=1S/C24H27N3O3/c1-17(2)24-25-10-11-27(24)16-23(28)26-20(14-18-6-4-3-5-7-18)19-8-9-21-22(15-19)30-13-12-29-21/h3-11,15,17,20H,12-14,16H2,1-2H3,(H,26,28). The van der Waals surface area contributed by atoms with Gasteiger partial charge in [0.15, 0.2) is 11.5 Å². The Morgan fingerprint density at radius 3 is 2.63 bits per heavy atom. The fraction of sp³-hybridized carbons (Fsp3) is 0.333. The molecule has 0 saturated heterocycles. The van der Waals surface area contributed by atoms with Crippen LogP contribution < -0.4 is 14.8 Å². The molecule has 0 radical (unpaired) electrons. The van der Waals surface area contributed by atoms with E-state index in [1.54, 1.807) is 6.20 Å². The summed E-state index contributed by atoms with van der Waals surface area (Å²) < 4.78 is 13.3. The van der Waals surface area contributed by atoms with E-state index >= 15 is 0 Å². The van der Waals surface area contributed by atoms with E-state index in [2.05, 4.69) is 36.3 Å². The molecule has 0 aliphatic carbocycles. The second-order valence-corrected chi connectivity index (χ2v) is 7.78. The Bertz CT molecular complexity index is 998. The van der Waals surface area contributed by atoms with Crippen molar-refractivity contribution in [1.82, 2.24) is 14.9 Å². The molecule has 6 heteroatoms. The SMILES string of the molecule is CC(C)c1nccn1CC(=O)NC(Cc1ccccc1)c1ccc2c(c1)OCCO2. The van der Waals surface area contributed by atoms with E-state index < -0.39 is 0 Å². The van der Waals surface area contributed by atoms with Crippen molar-refractivity contribution in [1.29, 1.82) is 0 Å². The molecule has 1 amide bonds. The summed E-state index contributed by atoms with van der Waals surface area (Å²) in [5.74, 6) is 2.58. The van der Waals surface area contributed by atoms with Crippen molar-refractivity contribution in [2.24, 2.45) is 0 Å². The van der Waals surface area contributed by atoms with Gasteiger partial charge in [-0.15, -0.1) is 0 Å². The summed E-state index contributed by atoms with van der Waals surface area (Å²) in [4.78, 5) is 17.3. The lowest BCUT2D eigenvalue weighted by atomic mass is 9.98. The molecule has 0 fully saturated rings. The Balaban J connectivity index is 1.55. The largest absolute Gasteiger partial charge is 0.486 e. The van der Waals surface area contributed by atoms with Gasteiger partial charge in [0.05, 0.1) is 6.04 Å². The van der Waals surface area contributed by atoms with Crippen LogP contribution in [0.1, 0.15) is 42.8 Å². The third-order valence-electron chi connectivity index (χ3n) is 5.16. The monoisotopic (exact) mass is 405 g/mol. The van der Waals surface area contributed by atoms with E-state index in [1.807, 2.05) is 47.2 Å². The van der Waals surface area contributed by atoms with Crippen LogP contribution in [0.25, 0.3) is 0 Å². The highest BCUT2D eigenvalue weighted by molar-refractivity contribution is 5.76. The average molecular weight is 405 g/mol. The topological polar surface area (TPSA) is 65.4 Å². The number of nitrogens with zero attached hydrogens (tertiary/aromatic N) is 2. The van der Waals surface area contributed by atoms with Gasteiger partial charge in [0, 0.05) is 18.3 Å². The number of rotatable bonds is 7. The van der Waals surface area contributed by atoms with Crippen LogP contribution in [0.3, 0.4) is 0 Å². The van der Waals surface area contributed by atoms with Gasteiger partial charge in [0.25, 0.3) is 0 Å². The summed E-state index contributed by atoms with van der Waals surface area (Å²) in [6.45, 7) is 5.47. The molecular formula is C24H27N3O3. The highest BCUT2D eigenvalue weighted by Gasteiger charge is 2.20. The molecule has 1 aliphatic heterocycles. The van der Waals surface area contributed by atoms with Crippen LogP contribution in [0.2, 0.25) is 0 Å². The van der Waals surface area contributed by atoms with Crippen molar-refractivity contribution in [3.8, 4) is 11.5 Å². The zero-order chi connectivity index (χ0) is 20.9. The van der Waals surface area contributed by atoms with E-state index in [1.165, 1.54) is 0 Å². The minimum Gasteiger partial charge on any atom is -0.486 e. The fourth-order valence-corrected chi connectivity index (χ4v) is 3.73. The van der Waals surface area contributed by atoms with Gasteiger partial charge in [0.1, 0.15) is 25.6 Å². The number of benzene rings is 2. The maximum absolute atomic E-state index is 12.9. The van der Waals surface area contributed by atoms with Gasteiger partial charge in [-0.2, -0.15) is 0 Å². The Hall–Kier alpha value is -3.28. The van der Waals surface area contributed by atoms with E-state index in [0.29, 0.717) is 19.6 Å². The number of nitrogens with one attached hydrogen (secondary N) is 1. The van der Waals surface area contributed by atoms with Crippen molar-refractivity contribution in [3.05, 3.63) is 77.9 Å². The number of hydrogen-bond donors (Lipinski definition) is 1. The Kier molecular flexibility index (Phi) is 6.02. The molecule has 4 rings (SSSR count). The van der Waals surface area contributed by atoms with Gasteiger partial charge < -0.3 is 19.4 Å². The second kappa shape index (κ2) is 9.03. The minimum atomic E-state index is -0.179. The third-order valence-corrected chi connectivity index (χ3v) is 5.16. The smallest absolute Gasteiger partial charge is 0.240 e. The molecular weight excluding hydrogens is 378 g/mol. The van der Waals surface area contributed by atoms with Crippen molar-refractivity contribution in [2.45, 2.75) is 38.8 Å². The van der Waals surface area contributed by atoms with Gasteiger partial charge in [-0.3, -0.25) is 4.79 Å². The van der Waals surface area contributed by atoms with E-state index in [-0.39, 0.29) is 24.4 Å². The molecule has 6 nitrogen and oxygen atoms in total. The van der Waals surface area contributed by atoms with Crippen molar-refractivity contribution in [3.63, 3.8) is 0 Å². The average Bonchev–Trinajstić information content (AvgIpc) is 3.22. The quantitative estimate of drug-likeness (QED) is 0.648. The van der Waals surface area contributed by atoms with Crippen LogP contribution in [0.4, 0.5) is 0 Å². The highest BCUT2D eigenvalue weighted by Crippen LogP contribution is 2.33. The van der Waals surface area contributed by atoms with Gasteiger partial charge in [-0.05, 0) is 29.7 Å². The maximum Gasteiger partial charge on any atom is 0.240 e. The minimum absolute atomic E-state index is 0.0503. The molecule has 3 aromatic rings. The molecule has 0 saturated carbocycles. The predicted octanol–water partition coefficient (Wildman–Crippen LogP) is 3.88.